The van der Waals surface area contributed by atoms with Gasteiger partial charge in [-0.05, 0) is 6.07 Å². The number of H-pyrrole nitrogens is 1. The number of hydrogen-bond donors (Lipinski definition) is 5. The number of ether oxygens (including phenoxy) is 1. The van der Waals surface area contributed by atoms with E-state index in [0.717, 1.165) is 0 Å². The number of aliphatic hydroxyl groups is 3. The Balaban J connectivity index is 2.09. The normalized spacial score (nSPS) is 30.1. The molecule has 0 radical (unpaired) electrons. The highest BCUT2D eigenvalue weighted by atomic mass is 16.6. The largest absolute Gasteiger partial charge is 0.394 e. The second kappa shape index (κ2) is 4.56. The Morgan fingerprint density at radius 3 is 2.85 bits per heavy atom. The van der Waals surface area contributed by atoms with Gasteiger partial charge in [0.2, 0.25) is 5.95 Å². The van der Waals surface area contributed by atoms with Crippen LogP contribution in [0.15, 0.2) is 17.1 Å². The molecule has 9 nitrogen and oxygen atoms in total. The highest BCUT2D eigenvalue weighted by Gasteiger charge is 2.43. The van der Waals surface area contributed by atoms with Crippen molar-refractivity contribution in [2.75, 3.05) is 12.3 Å². The predicted molar refractivity (Wildman–Crippen MR) is 67.8 cm³/mol. The molecular weight excluding hydrogens is 268 g/mol. The summed E-state index contributed by atoms with van der Waals surface area (Å²) in [7, 11) is 0. The number of anilines is 1. The number of fused-ring (bicyclic) bond motifs is 1. The Morgan fingerprint density at radius 2 is 2.20 bits per heavy atom. The van der Waals surface area contributed by atoms with Crippen molar-refractivity contribution in [3.05, 3.63) is 22.6 Å². The van der Waals surface area contributed by atoms with E-state index in [4.69, 9.17) is 15.6 Å². The summed E-state index contributed by atoms with van der Waals surface area (Å²) < 4.78 is 6.79. The smallest absolute Gasteiger partial charge is 0.261 e. The van der Waals surface area contributed by atoms with Gasteiger partial charge in [-0.3, -0.25) is 9.78 Å². The number of nitrogens with two attached hydrogens (primary N) is 1. The lowest BCUT2D eigenvalue weighted by molar-refractivity contribution is -0.0508. The topological polar surface area (TPSA) is 147 Å². The summed E-state index contributed by atoms with van der Waals surface area (Å²) in [5, 5.41) is 29.1. The number of hydrogen-bond acceptors (Lipinski definition) is 7. The van der Waals surface area contributed by atoms with Crippen molar-refractivity contribution in [1.29, 1.82) is 0 Å². The molecule has 0 spiro atoms. The zero-order chi connectivity index (χ0) is 14.4. The minimum Gasteiger partial charge on any atom is -0.394 e. The van der Waals surface area contributed by atoms with E-state index in [1.54, 1.807) is 0 Å². The zero-order valence-electron chi connectivity index (χ0n) is 10.3. The molecule has 2 aromatic rings. The van der Waals surface area contributed by atoms with Gasteiger partial charge in [0, 0.05) is 6.20 Å². The Hall–Kier alpha value is -1.94. The Labute approximate surface area is 112 Å². The van der Waals surface area contributed by atoms with E-state index in [1.165, 1.54) is 16.8 Å². The third kappa shape index (κ3) is 1.79. The number of nitrogen functional groups attached to an aromatic ring is 1. The van der Waals surface area contributed by atoms with Crippen molar-refractivity contribution in [3.8, 4) is 0 Å². The van der Waals surface area contributed by atoms with Crippen LogP contribution in [0.1, 0.15) is 6.23 Å². The van der Waals surface area contributed by atoms with E-state index in [-0.39, 0.29) is 17.0 Å². The molecule has 0 aliphatic carbocycles. The summed E-state index contributed by atoms with van der Waals surface area (Å²) in [6, 6.07) is 1.51. The Bertz CT molecular complexity index is 696. The van der Waals surface area contributed by atoms with Crippen LogP contribution >= 0.6 is 0 Å². The van der Waals surface area contributed by atoms with Crippen molar-refractivity contribution in [3.63, 3.8) is 0 Å². The van der Waals surface area contributed by atoms with E-state index in [1.807, 2.05) is 0 Å². The minimum absolute atomic E-state index is 0.0609. The highest BCUT2D eigenvalue weighted by molar-refractivity contribution is 5.76. The number of nitrogens with one attached hydrogen (secondary N) is 1. The molecule has 20 heavy (non-hydrogen) atoms. The summed E-state index contributed by atoms with van der Waals surface area (Å²) in [5.74, 6) is -0.0609. The molecule has 0 aromatic carbocycles. The van der Waals surface area contributed by atoms with Gasteiger partial charge in [0.15, 0.2) is 11.9 Å². The van der Waals surface area contributed by atoms with Gasteiger partial charge in [-0.25, -0.2) is 0 Å². The van der Waals surface area contributed by atoms with Gasteiger partial charge in [0.1, 0.15) is 18.3 Å². The summed E-state index contributed by atoms with van der Waals surface area (Å²) in [4.78, 5) is 18.1. The van der Waals surface area contributed by atoms with Gasteiger partial charge in [0.25, 0.3) is 5.56 Å². The fourth-order valence-corrected chi connectivity index (χ4v) is 2.38. The molecule has 3 heterocycles. The monoisotopic (exact) mass is 282 g/mol. The average Bonchev–Trinajstić information content (AvgIpc) is 2.93. The third-order valence-corrected chi connectivity index (χ3v) is 3.39. The van der Waals surface area contributed by atoms with E-state index in [9.17, 15) is 15.0 Å². The number of aromatic nitrogens is 3. The second-order valence-electron chi connectivity index (χ2n) is 4.64. The third-order valence-electron chi connectivity index (χ3n) is 3.39. The molecule has 0 bridgehead atoms. The molecule has 1 fully saturated rings. The van der Waals surface area contributed by atoms with Gasteiger partial charge in [-0.2, -0.15) is 4.98 Å². The zero-order valence-corrected chi connectivity index (χ0v) is 10.3. The average molecular weight is 282 g/mol. The molecule has 1 saturated heterocycles. The van der Waals surface area contributed by atoms with E-state index in [2.05, 4.69) is 9.97 Å². The van der Waals surface area contributed by atoms with Gasteiger partial charge < -0.3 is 30.4 Å². The quantitative estimate of drug-likeness (QED) is 0.424. The predicted octanol–water partition coefficient (Wildman–Crippen LogP) is -2.08. The molecule has 108 valence electrons. The molecule has 0 saturated carbocycles. The van der Waals surface area contributed by atoms with E-state index in [0.29, 0.717) is 0 Å². The maximum atomic E-state index is 11.7. The summed E-state index contributed by atoms with van der Waals surface area (Å²) in [6.45, 7) is -0.427. The lowest BCUT2D eigenvalue weighted by Gasteiger charge is -2.17. The first-order valence-corrected chi connectivity index (χ1v) is 6.01. The van der Waals surface area contributed by atoms with E-state index >= 15 is 0 Å². The first kappa shape index (κ1) is 13.1. The maximum absolute atomic E-state index is 11.7. The number of aliphatic hydroxyl groups excluding tert-OH is 3. The molecule has 3 rings (SSSR count). The molecule has 0 unspecified atom stereocenters. The first-order valence-electron chi connectivity index (χ1n) is 6.01. The lowest BCUT2D eigenvalue weighted by Crippen LogP contribution is -2.33. The fourth-order valence-electron chi connectivity index (χ4n) is 2.38. The second-order valence-corrected chi connectivity index (χ2v) is 4.64. The van der Waals surface area contributed by atoms with Crippen molar-refractivity contribution in [2.45, 2.75) is 24.5 Å². The van der Waals surface area contributed by atoms with Gasteiger partial charge in [-0.15, -0.1) is 0 Å². The number of nitrogens with zero attached hydrogens (tertiary/aromatic N) is 2. The molecule has 4 atom stereocenters. The minimum atomic E-state index is -1.25. The van der Waals surface area contributed by atoms with Crippen LogP contribution in [-0.2, 0) is 4.74 Å². The van der Waals surface area contributed by atoms with Gasteiger partial charge in [0.05, 0.1) is 12.0 Å². The molecule has 1 aliphatic heterocycles. The SMILES string of the molecule is Nc1nc2c(ccn2[C@H]2O[C@H](CO)[C@@H](O)[C@H]2O)c(=O)[nH]1. The first-order chi connectivity index (χ1) is 9.52. The summed E-state index contributed by atoms with van der Waals surface area (Å²) in [6.07, 6.45) is -2.81. The van der Waals surface area contributed by atoms with Gasteiger partial charge in [-0.1, -0.05) is 0 Å². The van der Waals surface area contributed by atoms with Crippen LogP contribution in [0.3, 0.4) is 0 Å². The highest BCUT2D eigenvalue weighted by Crippen LogP contribution is 2.31. The van der Waals surface area contributed by atoms with Crippen LogP contribution in [0.5, 0.6) is 0 Å². The van der Waals surface area contributed by atoms with Crippen LogP contribution in [0.25, 0.3) is 11.0 Å². The van der Waals surface area contributed by atoms with Crippen LogP contribution < -0.4 is 11.3 Å². The Kier molecular flexibility index (Phi) is 2.98. The van der Waals surface area contributed by atoms with Crippen molar-refractivity contribution in [1.82, 2.24) is 14.5 Å². The summed E-state index contributed by atoms with van der Waals surface area (Å²) in [5.41, 5.74) is 5.33. The van der Waals surface area contributed by atoms with Crippen molar-refractivity contribution >= 4 is 17.0 Å². The van der Waals surface area contributed by atoms with Crippen molar-refractivity contribution < 1.29 is 20.1 Å². The molecule has 0 amide bonds. The molecule has 2 aromatic heterocycles. The molecular formula is C11H14N4O5. The lowest BCUT2D eigenvalue weighted by atomic mass is 10.1. The fraction of sp³-hybridized carbons (Fsp3) is 0.455. The number of aromatic amines is 1. The van der Waals surface area contributed by atoms with E-state index < -0.39 is 36.7 Å². The summed E-state index contributed by atoms with van der Waals surface area (Å²) >= 11 is 0. The molecule has 9 heteroatoms. The molecule has 1 aliphatic rings. The standard InChI is InChI=1S/C11H14N4O5/c12-11-13-8-4(9(19)14-11)1-2-15(8)10-7(18)6(17)5(3-16)20-10/h1-2,5-7,10,16-18H,3H2,(H3,12,13,14,19)/t5-,6-,7-,10+/m1/s1. The Morgan fingerprint density at radius 1 is 1.45 bits per heavy atom. The molecule has 6 N–H and O–H groups in total. The van der Waals surface area contributed by atoms with Crippen LogP contribution in [0.2, 0.25) is 0 Å². The number of rotatable bonds is 2. The maximum Gasteiger partial charge on any atom is 0.261 e. The van der Waals surface area contributed by atoms with Gasteiger partial charge >= 0.3 is 0 Å². The van der Waals surface area contributed by atoms with Crippen molar-refractivity contribution in [2.24, 2.45) is 0 Å². The van der Waals surface area contributed by atoms with Crippen LogP contribution in [-0.4, -0.2) is 54.8 Å². The van der Waals surface area contributed by atoms with Crippen LogP contribution in [0, 0.1) is 0 Å². The van der Waals surface area contributed by atoms with Crippen LogP contribution in [0.4, 0.5) is 5.95 Å².